The highest BCUT2D eigenvalue weighted by atomic mass is 35.5. The second-order valence-electron chi connectivity index (χ2n) is 8.23. The zero-order valence-corrected chi connectivity index (χ0v) is 21.6. The summed E-state index contributed by atoms with van der Waals surface area (Å²) in [6.07, 6.45) is 6.55. The summed E-state index contributed by atoms with van der Waals surface area (Å²) in [5.41, 5.74) is 2.71. The van der Waals surface area contributed by atoms with E-state index >= 15 is 0 Å². The van der Waals surface area contributed by atoms with E-state index in [1.165, 1.54) is 29.5 Å². The topological polar surface area (TPSA) is 92.8 Å². The van der Waals surface area contributed by atoms with Gasteiger partial charge in [-0.3, -0.25) is 4.79 Å². The number of hydrogen-bond donors (Lipinski definition) is 1. The lowest BCUT2D eigenvalue weighted by molar-refractivity contribution is -0.113. The maximum atomic E-state index is 12.7. The van der Waals surface area contributed by atoms with Gasteiger partial charge in [-0.1, -0.05) is 36.2 Å². The van der Waals surface area contributed by atoms with E-state index in [2.05, 4.69) is 21.6 Å². The van der Waals surface area contributed by atoms with Gasteiger partial charge >= 0.3 is 0 Å². The van der Waals surface area contributed by atoms with Crippen LogP contribution in [0.1, 0.15) is 53.1 Å². The van der Waals surface area contributed by atoms with Gasteiger partial charge in [-0.05, 0) is 61.9 Å². The minimum atomic E-state index is -0.159. The van der Waals surface area contributed by atoms with Crippen LogP contribution in [0.3, 0.4) is 0 Å². The zero-order valence-electron chi connectivity index (χ0n) is 19.2. The Kier molecular flexibility index (Phi) is 8.14. The monoisotopic (exact) mass is 515 g/mol. The number of carbonyl (C=O) groups is 1. The summed E-state index contributed by atoms with van der Waals surface area (Å²) >= 11 is 8.91. The summed E-state index contributed by atoms with van der Waals surface area (Å²) in [7, 11) is 1.85. The first-order valence-corrected chi connectivity index (χ1v) is 13.4. The number of thiophene rings is 1. The van der Waals surface area contributed by atoms with Gasteiger partial charge in [-0.25, -0.2) is 0 Å². The van der Waals surface area contributed by atoms with Gasteiger partial charge in [-0.2, -0.15) is 5.26 Å². The van der Waals surface area contributed by atoms with Crippen molar-refractivity contribution in [2.45, 2.75) is 57.2 Å². The molecule has 7 nitrogen and oxygen atoms in total. The Hall–Kier alpha value is -2.54. The quantitative estimate of drug-likeness (QED) is 0.407. The molecule has 1 aliphatic rings. The van der Waals surface area contributed by atoms with Crippen LogP contribution in [-0.2, 0) is 31.3 Å². The van der Waals surface area contributed by atoms with Gasteiger partial charge in [0, 0.05) is 16.9 Å². The van der Waals surface area contributed by atoms with Crippen LogP contribution in [0.25, 0.3) is 0 Å². The number of hydrogen-bond acceptors (Lipinski definition) is 7. The number of rotatable bonds is 7. The Morgan fingerprint density at radius 2 is 2.09 bits per heavy atom. The Morgan fingerprint density at radius 3 is 2.85 bits per heavy atom. The fourth-order valence-electron chi connectivity index (χ4n) is 3.87. The van der Waals surface area contributed by atoms with Gasteiger partial charge in [0.1, 0.15) is 23.4 Å². The van der Waals surface area contributed by atoms with Crippen LogP contribution in [0.2, 0.25) is 5.02 Å². The molecule has 34 heavy (non-hydrogen) atoms. The molecule has 0 radical (unpaired) electrons. The number of carbonyl (C=O) groups excluding carboxylic acids is 1. The lowest BCUT2D eigenvalue weighted by Gasteiger charge is -2.08. The number of ether oxygens (including phenoxy) is 1. The van der Waals surface area contributed by atoms with Gasteiger partial charge in [0.2, 0.25) is 5.91 Å². The van der Waals surface area contributed by atoms with E-state index in [0.717, 1.165) is 36.8 Å². The summed E-state index contributed by atoms with van der Waals surface area (Å²) in [6, 6.07) is 7.81. The Balaban J connectivity index is 1.35. The number of aryl methyl sites for hydroxylation is 2. The lowest BCUT2D eigenvalue weighted by atomic mass is 9.97. The van der Waals surface area contributed by atoms with Gasteiger partial charge in [0.15, 0.2) is 11.0 Å². The van der Waals surface area contributed by atoms with Gasteiger partial charge in [-0.15, -0.1) is 21.5 Å². The molecule has 0 fully saturated rings. The number of amides is 1. The predicted molar refractivity (Wildman–Crippen MR) is 136 cm³/mol. The van der Waals surface area contributed by atoms with Gasteiger partial charge in [0.25, 0.3) is 0 Å². The molecule has 0 spiro atoms. The van der Waals surface area contributed by atoms with Crippen molar-refractivity contribution >= 4 is 45.6 Å². The number of nitriles is 1. The van der Waals surface area contributed by atoms with Crippen molar-refractivity contribution in [3.63, 3.8) is 0 Å². The third kappa shape index (κ3) is 5.74. The minimum absolute atomic E-state index is 0.159. The summed E-state index contributed by atoms with van der Waals surface area (Å²) in [5.74, 6) is 1.38. The van der Waals surface area contributed by atoms with E-state index in [1.54, 1.807) is 17.4 Å². The first-order valence-electron chi connectivity index (χ1n) is 11.2. The fraction of sp³-hybridized carbons (Fsp3) is 0.417. The number of aromatic nitrogens is 3. The molecule has 4 rings (SSSR count). The second kappa shape index (κ2) is 11.3. The van der Waals surface area contributed by atoms with E-state index in [0.29, 0.717) is 32.3 Å². The Morgan fingerprint density at radius 1 is 1.29 bits per heavy atom. The minimum Gasteiger partial charge on any atom is -0.486 e. The molecule has 0 aliphatic heterocycles. The molecular weight excluding hydrogens is 490 g/mol. The molecule has 2 aromatic heterocycles. The maximum absolute atomic E-state index is 12.7. The summed E-state index contributed by atoms with van der Waals surface area (Å²) < 4.78 is 7.63. The van der Waals surface area contributed by atoms with Crippen LogP contribution in [-0.4, -0.2) is 26.4 Å². The Labute approximate surface area is 212 Å². The summed E-state index contributed by atoms with van der Waals surface area (Å²) in [5, 5.41) is 23.0. The van der Waals surface area contributed by atoms with Crippen molar-refractivity contribution < 1.29 is 9.53 Å². The zero-order chi connectivity index (χ0) is 24.1. The SMILES string of the molecule is Cc1cc(OCc2nnc(SCC(=O)Nc3sc4c(c3C#N)CCCCCC4)n2C)ccc1Cl. The van der Waals surface area contributed by atoms with Crippen molar-refractivity contribution in [1.29, 1.82) is 5.26 Å². The van der Waals surface area contributed by atoms with Crippen molar-refractivity contribution in [2.75, 3.05) is 11.1 Å². The smallest absolute Gasteiger partial charge is 0.235 e. The molecule has 1 amide bonds. The molecule has 1 aliphatic carbocycles. The van der Waals surface area contributed by atoms with E-state index in [-0.39, 0.29) is 18.3 Å². The van der Waals surface area contributed by atoms with E-state index < -0.39 is 0 Å². The van der Waals surface area contributed by atoms with Crippen molar-refractivity contribution in [1.82, 2.24) is 14.8 Å². The molecule has 0 bridgehead atoms. The molecule has 0 atom stereocenters. The maximum Gasteiger partial charge on any atom is 0.235 e. The average molecular weight is 516 g/mol. The number of nitrogens with zero attached hydrogens (tertiary/aromatic N) is 4. The first kappa shape index (κ1) is 24.6. The van der Waals surface area contributed by atoms with Crippen molar-refractivity contribution in [2.24, 2.45) is 7.05 Å². The molecule has 178 valence electrons. The summed E-state index contributed by atoms with van der Waals surface area (Å²) in [4.78, 5) is 13.9. The van der Waals surface area contributed by atoms with Crippen molar-refractivity contribution in [3.8, 4) is 11.8 Å². The fourth-order valence-corrected chi connectivity index (χ4v) is 5.97. The standard InChI is InChI=1S/C24H26ClN5O2S2/c1-15-11-16(9-10-19(15)25)32-13-21-28-29-24(30(21)2)33-14-22(31)27-23-18(12-26)17-7-5-3-4-6-8-20(17)34-23/h9-11H,3-8,13-14H2,1-2H3,(H,27,31). The van der Waals surface area contributed by atoms with Crippen LogP contribution in [0, 0.1) is 18.3 Å². The number of benzene rings is 1. The molecule has 1 N–H and O–H groups in total. The number of anilines is 1. The average Bonchev–Trinajstić information content (AvgIpc) is 3.31. The molecular formula is C24H26ClN5O2S2. The highest BCUT2D eigenvalue weighted by Gasteiger charge is 2.21. The summed E-state index contributed by atoms with van der Waals surface area (Å²) in [6.45, 7) is 2.18. The highest BCUT2D eigenvalue weighted by Crippen LogP contribution is 2.36. The highest BCUT2D eigenvalue weighted by molar-refractivity contribution is 7.99. The van der Waals surface area contributed by atoms with Crippen LogP contribution in [0.4, 0.5) is 5.00 Å². The second-order valence-corrected chi connectivity index (χ2v) is 10.7. The third-order valence-corrected chi connectivity index (χ3v) is 8.44. The number of nitrogens with one attached hydrogen (secondary N) is 1. The molecule has 1 aromatic carbocycles. The number of thioether (sulfide) groups is 1. The van der Waals surface area contributed by atoms with Gasteiger partial charge in [0.05, 0.1) is 11.3 Å². The molecule has 0 saturated carbocycles. The van der Waals surface area contributed by atoms with E-state index in [9.17, 15) is 10.1 Å². The van der Waals surface area contributed by atoms with Crippen molar-refractivity contribution in [3.05, 3.63) is 50.6 Å². The van der Waals surface area contributed by atoms with Gasteiger partial charge < -0.3 is 14.6 Å². The number of fused-ring (bicyclic) bond motifs is 1. The predicted octanol–water partition coefficient (Wildman–Crippen LogP) is 5.68. The van der Waals surface area contributed by atoms with Crippen LogP contribution < -0.4 is 10.1 Å². The van der Waals surface area contributed by atoms with E-state index in [1.807, 2.05) is 30.7 Å². The van der Waals surface area contributed by atoms with E-state index in [4.69, 9.17) is 16.3 Å². The Bertz CT molecular complexity index is 1230. The largest absolute Gasteiger partial charge is 0.486 e. The number of halogens is 1. The van der Waals surface area contributed by atoms with Crippen LogP contribution in [0.5, 0.6) is 5.75 Å². The lowest BCUT2D eigenvalue weighted by Crippen LogP contribution is -2.14. The molecule has 0 unspecified atom stereocenters. The molecule has 10 heteroatoms. The molecule has 3 aromatic rings. The van der Waals surface area contributed by atoms with Crippen LogP contribution in [0.15, 0.2) is 23.4 Å². The third-order valence-electron chi connectivity index (χ3n) is 5.79. The first-order chi connectivity index (χ1) is 16.5. The molecule has 0 saturated heterocycles. The normalized spacial score (nSPS) is 13.5. The molecule has 2 heterocycles. The van der Waals surface area contributed by atoms with Crippen LogP contribution >= 0.6 is 34.7 Å².